The summed E-state index contributed by atoms with van der Waals surface area (Å²) in [6.07, 6.45) is 0. The highest BCUT2D eigenvalue weighted by Crippen LogP contribution is 2.23. The van der Waals surface area contributed by atoms with Crippen LogP contribution in [0, 0.1) is 0 Å². The summed E-state index contributed by atoms with van der Waals surface area (Å²) in [7, 11) is 0. The van der Waals surface area contributed by atoms with Crippen LogP contribution in [0.4, 0.5) is 17.1 Å². The molecule has 6 nitrogen and oxygen atoms in total. The van der Waals surface area contributed by atoms with E-state index in [9.17, 15) is 9.59 Å². The number of nitrogens with one attached hydrogen (secondary N) is 3. The molecule has 0 radical (unpaired) electrons. The van der Waals surface area contributed by atoms with Crippen molar-refractivity contribution >= 4 is 28.9 Å². The van der Waals surface area contributed by atoms with Crippen LogP contribution in [0.2, 0.25) is 0 Å². The first kappa shape index (κ1) is 19.9. The number of carbonyl (C=O) groups excluding carboxylic acids is 2. The van der Waals surface area contributed by atoms with Crippen molar-refractivity contribution in [2.24, 2.45) is 0 Å². The van der Waals surface area contributed by atoms with Gasteiger partial charge in [0.2, 0.25) is 11.8 Å². The van der Waals surface area contributed by atoms with Gasteiger partial charge in [0.05, 0.1) is 0 Å². The largest absolute Gasteiger partial charge is 0.457 e. The molecule has 148 valence electrons. The second-order valence-corrected chi connectivity index (χ2v) is 6.56. The first-order valence-electron chi connectivity index (χ1n) is 9.27. The van der Waals surface area contributed by atoms with Crippen molar-refractivity contribution in [3.8, 4) is 11.5 Å². The number of ether oxygens (including phenoxy) is 1. The van der Waals surface area contributed by atoms with E-state index >= 15 is 0 Å². The molecule has 0 aliphatic heterocycles. The summed E-state index contributed by atoms with van der Waals surface area (Å²) in [4.78, 5) is 23.7. The Hall–Kier alpha value is -3.80. The minimum absolute atomic E-state index is 0.146. The van der Waals surface area contributed by atoms with Gasteiger partial charge in [-0.25, -0.2) is 0 Å². The first-order valence-corrected chi connectivity index (χ1v) is 9.27. The number of carbonyl (C=O) groups is 2. The summed E-state index contributed by atoms with van der Waals surface area (Å²) in [5.41, 5.74) is 2.09. The maximum Gasteiger partial charge on any atom is 0.246 e. The van der Waals surface area contributed by atoms with Crippen LogP contribution in [0.1, 0.15) is 13.8 Å². The van der Waals surface area contributed by atoms with Crippen molar-refractivity contribution in [2.75, 3.05) is 16.0 Å². The molecule has 0 aliphatic carbocycles. The number of para-hydroxylation sites is 1. The van der Waals surface area contributed by atoms with Gasteiger partial charge >= 0.3 is 0 Å². The summed E-state index contributed by atoms with van der Waals surface area (Å²) < 4.78 is 5.75. The zero-order chi connectivity index (χ0) is 20.6. The van der Waals surface area contributed by atoms with Gasteiger partial charge in [-0.2, -0.15) is 0 Å². The van der Waals surface area contributed by atoms with Crippen molar-refractivity contribution in [3.05, 3.63) is 78.9 Å². The predicted molar refractivity (Wildman–Crippen MR) is 115 cm³/mol. The Balaban J connectivity index is 1.56. The highest BCUT2D eigenvalue weighted by molar-refractivity contribution is 5.96. The topological polar surface area (TPSA) is 79.5 Å². The Kier molecular flexibility index (Phi) is 6.47. The van der Waals surface area contributed by atoms with Crippen LogP contribution >= 0.6 is 0 Å². The molecule has 0 unspecified atom stereocenters. The van der Waals surface area contributed by atoms with Crippen LogP contribution in [0.15, 0.2) is 78.9 Å². The number of amides is 2. The zero-order valence-electron chi connectivity index (χ0n) is 16.3. The van der Waals surface area contributed by atoms with E-state index in [0.29, 0.717) is 17.1 Å². The van der Waals surface area contributed by atoms with E-state index in [1.165, 1.54) is 6.92 Å². The molecule has 3 aromatic carbocycles. The van der Waals surface area contributed by atoms with Crippen LogP contribution < -0.4 is 20.7 Å². The zero-order valence-corrected chi connectivity index (χ0v) is 16.3. The Morgan fingerprint density at radius 2 is 1.41 bits per heavy atom. The second-order valence-electron chi connectivity index (χ2n) is 6.56. The van der Waals surface area contributed by atoms with E-state index in [1.54, 1.807) is 43.3 Å². The summed E-state index contributed by atoms with van der Waals surface area (Å²) in [6.45, 7) is 3.22. The fourth-order valence-corrected chi connectivity index (χ4v) is 2.69. The third-order valence-corrected chi connectivity index (χ3v) is 4.06. The van der Waals surface area contributed by atoms with E-state index < -0.39 is 6.04 Å². The fraction of sp³-hybridized carbons (Fsp3) is 0.130. The highest BCUT2D eigenvalue weighted by Gasteiger charge is 2.13. The molecule has 0 saturated carbocycles. The van der Waals surface area contributed by atoms with Gasteiger partial charge in [-0.1, -0.05) is 24.3 Å². The molecule has 3 N–H and O–H groups in total. The van der Waals surface area contributed by atoms with Gasteiger partial charge in [-0.05, 0) is 61.5 Å². The lowest BCUT2D eigenvalue weighted by molar-refractivity contribution is -0.116. The lowest BCUT2D eigenvalue weighted by Crippen LogP contribution is -2.31. The minimum atomic E-state index is -0.470. The van der Waals surface area contributed by atoms with Crippen LogP contribution in [0.25, 0.3) is 0 Å². The monoisotopic (exact) mass is 389 g/mol. The Labute approximate surface area is 169 Å². The summed E-state index contributed by atoms with van der Waals surface area (Å²) >= 11 is 0. The molecule has 3 rings (SSSR count). The van der Waals surface area contributed by atoms with Gasteiger partial charge < -0.3 is 20.7 Å². The molecule has 0 aliphatic rings. The lowest BCUT2D eigenvalue weighted by atomic mass is 10.2. The minimum Gasteiger partial charge on any atom is -0.457 e. The van der Waals surface area contributed by atoms with Crippen LogP contribution in [0.3, 0.4) is 0 Å². The Morgan fingerprint density at radius 1 is 0.759 bits per heavy atom. The molecule has 1 atom stereocenters. The van der Waals surface area contributed by atoms with Gasteiger partial charge in [-0.15, -0.1) is 0 Å². The molecule has 0 spiro atoms. The Morgan fingerprint density at radius 3 is 2.10 bits per heavy atom. The molecule has 3 aromatic rings. The third kappa shape index (κ3) is 6.10. The van der Waals surface area contributed by atoms with Gasteiger partial charge in [-0.3, -0.25) is 9.59 Å². The summed E-state index contributed by atoms with van der Waals surface area (Å²) in [5, 5.41) is 8.72. The average Bonchev–Trinajstić information content (AvgIpc) is 2.70. The van der Waals surface area contributed by atoms with Crippen molar-refractivity contribution < 1.29 is 14.3 Å². The molecule has 0 saturated heterocycles. The molecule has 6 heteroatoms. The van der Waals surface area contributed by atoms with Gasteiger partial charge in [0.1, 0.15) is 17.5 Å². The molecule has 29 heavy (non-hydrogen) atoms. The first-order chi connectivity index (χ1) is 14.0. The van der Waals surface area contributed by atoms with E-state index in [1.807, 2.05) is 42.5 Å². The number of rotatable bonds is 7. The smallest absolute Gasteiger partial charge is 0.246 e. The normalized spacial score (nSPS) is 11.2. The SMILES string of the molecule is CC(=O)Nc1cccc(N[C@@H](C)C(=O)Nc2ccc(Oc3ccccc3)cc2)c1. The summed E-state index contributed by atoms with van der Waals surface area (Å²) in [5.74, 6) is 1.12. The molecule has 2 amide bonds. The van der Waals surface area contributed by atoms with Gasteiger partial charge in [0, 0.05) is 24.0 Å². The lowest BCUT2D eigenvalue weighted by Gasteiger charge is -2.16. The number of hydrogen-bond acceptors (Lipinski definition) is 4. The van der Waals surface area contributed by atoms with Crippen LogP contribution in [-0.4, -0.2) is 17.9 Å². The quantitative estimate of drug-likeness (QED) is 0.538. The maximum atomic E-state index is 12.5. The van der Waals surface area contributed by atoms with Crippen molar-refractivity contribution in [1.82, 2.24) is 0 Å². The van der Waals surface area contributed by atoms with Crippen molar-refractivity contribution in [3.63, 3.8) is 0 Å². The van der Waals surface area contributed by atoms with Crippen LogP contribution in [-0.2, 0) is 9.59 Å². The van der Waals surface area contributed by atoms with E-state index in [-0.39, 0.29) is 11.8 Å². The average molecular weight is 389 g/mol. The summed E-state index contributed by atoms with van der Waals surface area (Å²) in [6, 6.07) is 23.4. The van der Waals surface area contributed by atoms with Crippen molar-refractivity contribution in [2.45, 2.75) is 19.9 Å². The number of hydrogen-bond donors (Lipinski definition) is 3. The van der Waals surface area contributed by atoms with E-state index in [4.69, 9.17) is 4.74 Å². The molecular formula is C23H23N3O3. The maximum absolute atomic E-state index is 12.5. The highest BCUT2D eigenvalue weighted by atomic mass is 16.5. The van der Waals surface area contributed by atoms with Crippen molar-refractivity contribution in [1.29, 1.82) is 0 Å². The van der Waals surface area contributed by atoms with Gasteiger partial charge in [0.15, 0.2) is 0 Å². The molecule has 0 fully saturated rings. The number of benzene rings is 3. The number of anilines is 3. The van der Waals surface area contributed by atoms with Crippen LogP contribution in [0.5, 0.6) is 11.5 Å². The molecule has 0 heterocycles. The fourth-order valence-electron chi connectivity index (χ4n) is 2.69. The Bertz CT molecular complexity index is 972. The third-order valence-electron chi connectivity index (χ3n) is 4.06. The van der Waals surface area contributed by atoms with E-state index in [2.05, 4.69) is 16.0 Å². The van der Waals surface area contributed by atoms with Gasteiger partial charge in [0.25, 0.3) is 0 Å². The molecule has 0 aromatic heterocycles. The molecule has 0 bridgehead atoms. The van der Waals surface area contributed by atoms with E-state index in [0.717, 1.165) is 11.4 Å². The molecular weight excluding hydrogens is 366 g/mol. The standard InChI is InChI=1S/C23H23N3O3/c1-16(24-19-7-6-8-20(15-19)25-17(2)27)23(28)26-18-11-13-22(14-12-18)29-21-9-4-3-5-10-21/h3-16,24H,1-2H3,(H,25,27)(H,26,28)/t16-/m0/s1. The predicted octanol–water partition coefficient (Wildman–Crippen LogP) is 4.88. The second kappa shape index (κ2) is 9.41.